The number of aromatic amines is 1. The summed E-state index contributed by atoms with van der Waals surface area (Å²) in [6.07, 6.45) is 9.60. The minimum absolute atomic E-state index is 0.265. The summed E-state index contributed by atoms with van der Waals surface area (Å²) in [5.74, 6) is 1.03. The zero-order chi connectivity index (χ0) is 19.6. The van der Waals surface area contributed by atoms with Gasteiger partial charge in [-0.25, -0.2) is 0 Å². The van der Waals surface area contributed by atoms with Crippen LogP contribution in [0.4, 0.5) is 0 Å². The highest BCUT2D eigenvalue weighted by Crippen LogP contribution is 2.35. The molecule has 0 radical (unpaired) electrons. The highest BCUT2D eigenvalue weighted by atomic mass is 16.1. The summed E-state index contributed by atoms with van der Waals surface area (Å²) >= 11 is 0. The monoisotopic (exact) mass is 395 g/mol. The molecule has 2 fully saturated rings. The summed E-state index contributed by atoms with van der Waals surface area (Å²) in [6, 6.07) is 6.43. The van der Waals surface area contributed by atoms with E-state index < -0.39 is 0 Å². The van der Waals surface area contributed by atoms with Crippen LogP contribution in [0, 0.1) is 5.92 Å². The van der Waals surface area contributed by atoms with E-state index in [1.165, 1.54) is 49.9 Å². The molecule has 0 aromatic carbocycles. The normalized spacial score (nSPS) is 25.9. The van der Waals surface area contributed by atoms with E-state index in [1.807, 2.05) is 6.20 Å². The third kappa shape index (κ3) is 4.19. The van der Waals surface area contributed by atoms with Gasteiger partial charge in [0.1, 0.15) is 0 Å². The summed E-state index contributed by atoms with van der Waals surface area (Å²) in [5, 5.41) is 7.16. The number of nitrogens with zero attached hydrogens (tertiary/aromatic N) is 4. The first-order valence-electron chi connectivity index (χ1n) is 11.4. The van der Waals surface area contributed by atoms with Crippen molar-refractivity contribution in [3.05, 3.63) is 51.7 Å². The molecule has 6 nitrogen and oxygen atoms in total. The summed E-state index contributed by atoms with van der Waals surface area (Å²) in [5.41, 5.74) is 3.67. The number of likely N-dealkylation sites (tertiary alicyclic amines) is 2. The first-order chi connectivity index (χ1) is 14.3. The van der Waals surface area contributed by atoms with Crippen LogP contribution in [-0.4, -0.2) is 50.7 Å². The molecule has 3 aliphatic rings. The van der Waals surface area contributed by atoms with Crippen LogP contribution in [0.25, 0.3) is 0 Å². The molecule has 5 heterocycles. The Morgan fingerprint density at radius 2 is 1.76 bits per heavy atom. The van der Waals surface area contributed by atoms with E-state index in [0.717, 1.165) is 51.4 Å². The van der Waals surface area contributed by atoms with E-state index in [2.05, 4.69) is 42.8 Å². The molecule has 5 rings (SSSR count). The van der Waals surface area contributed by atoms with Crippen molar-refractivity contribution in [2.45, 2.75) is 64.1 Å². The molecule has 0 amide bonds. The summed E-state index contributed by atoms with van der Waals surface area (Å²) in [4.78, 5) is 18.3. The van der Waals surface area contributed by atoms with E-state index >= 15 is 0 Å². The SMILES string of the molecule is O=c1c(CN2CCCCCCC2)ccc2n1C[C@H]1C[C@@H]2CN(Cc2ccn[nH]2)C1. The molecule has 6 heteroatoms. The standard InChI is InChI=1S/C23H33N5O/c29-23-19(15-26-10-4-2-1-3-5-11-26)6-7-22-20-12-18(14-28(22)23)13-27(16-20)17-21-8-9-24-25-21/h6-9,18,20H,1-5,10-17H2,(H,24,25)/t18-,20+/m0/s1. The Hall–Kier alpha value is -1.92. The van der Waals surface area contributed by atoms with E-state index in [9.17, 15) is 4.79 Å². The minimum Gasteiger partial charge on any atom is -0.312 e. The van der Waals surface area contributed by atoms with Gasteiger partial charge in [-0.2, -0.15) is 5.10 Å². The fourth-order valence-electron chi connectivity index (χ4n) is 5.67. The van der Waals surface area contributed by atoms with E-state index in [-0.39, 0.29) is 5.56 Å². The first-order valence-corrected chi connectivity index (χ1v) is 11.4. The lowest BCUT2D eigenvalue weighted by Gasteiger charge is -2.42. The fraction of sp³-hybridized carbons (Fsp3) is 0.652. The Bertz CT molecular complexity index is 866. The molecular weight excluding hydrogens is 362 g/mol. The average molecular weight is 396 g/mol. The van der Waals surface area contributed by atoms with Crippen molar-refractivity contribution < 1.29 is 0 Å². The number of hydrogen-bond donors (Lipinski definition) is 1. The van der Waals surface area contributed by atoms with E-state index in [1.54, 1.807) is 0 Å². The molecule has 2 atom stereocenters. The minimum atomic E-state index is 0.265. The first kappa shape index (κ1) is 19.1. The molecule has 3 aliphatic heterocycles. The van der Waals surface area contributed by atoms with Gasteiger partial charge in [0.2, 0.25) is 0 Å². The summed E-state index contributed by atoms with van der Waals surface area (Å²) in [6.45, 7) is 6.98. The van der Waals surface area contributed by atoms with Crippen molar-refractivity contribution in [1.29, 1.82) is 0 Å². The van der Waals surface area contributed by atoms with Gasteiger partial charge in [-0.3, -0.25) is 19.7 Å². The molecule has 1 N–H and O–H groups in total. The third-order valence-electron chi connectivity index (χ3n) is 7.05. The Kier molecular flexibility index (Phi) is 5.55. The molecule has 2 bridgehead atoms. The topological polar surface area (TPSA) is 57.2 Å². The predicted molar refractivity (Wildman–Crippen MR) is 114 cm³/mol. The number of nitrogens with one attached hydrogen (secondary N) is 1. The molecule has 29 heavy (non-hydrogen) atoms. The van der Waals surface area contributed by atoms with Gasteiger partial charge in [-0.1, -0.05) is 25.3 Å². The van der Waals surface area contributed by atoms with Gasteiger partial charge in [0, 0.05) is 61.8 Å². The Morgan fingerprint density at radius 1 is 0.931 bits per heavy atom. The van der Waals surface area contributed by atoms with Crippen molar-refractivity contribution in [2.75, 3.05) is 26.2 Å². The van der Waals surface area contributed by atoms with Crippen molar-refractivity contribution in [1.82, 2.24) is 24.6 Å². The molecule has 156 valence electrons. The molecule has 0 unspecified atom stereocenters. The van der Waals surface area contributed by atoms with Crippen molar-refractivity contribution >= 4 is 0 Å². The molecule has 0 aliphatic carbocycles. The van der Waals surface area contributed by atoms with Crippen LogP contribution in [0.2, 0.25) is 0 Å². The van der Waals surface area contributed by atoms with Crippen LogP contribution in [-0.2, 0) is 19.6 Å². The lowest BCUT2D eigenvalue weighted by Crippen LogP contribution is -2.47. The van der Waals surface area contributed by atoms with Crippen LogP contribution in [0.3, 0.4) is 0 Å². The number of hydrogen-bond acceptors (Lipinski definition) is 4. The molecular formula is C23H33N5O. The average Bonchev–Trinajstić information content (AvgIpc) is 3.19. The van der Waals surface area contributed by atoms with Crippen LogP contribution in [0.15, 0.2) is 29.2 Å². The van der Waals surface area contributed by atoms with E-state index in [4.69, 9.17) is 0 Å². The highest BCUT2D eigenvalue weighted by molar-refractivity contribution is 5.22. The van der Waals surface area contributed by atoms with Crippen molar-refractivity contribution in [2.24, 2.45) is 5.92 Å². The molecule has 0 spiro atoms. The smallest absolute Gasteiger partial charge is 0.255 e. The number of pyridine rings is 1. The fourth-order valence-corrected chi connectivity index (χ4v) is 5.67. The Morgan fingerprint density at radius 3 is 2.55 bits per heavy atom. The van der Waals surface area contributed by atoms with Crippen LogP contribution < -0.4 is 5.56 Å². The van der Waals surface area contributed by atoms with Gasteiger partial charge in [-0.05, 0) is 50.4 Å². The third-order valence-corrected chi connectivity index (χ3v) is 7.05. The van der Waals surface area contributed by atoms with Crippen LogP contribution >= 0.6 is 0 Å². The Labute approximate surface area is 172 Å². The lowest BCUT2D eigenvalue weighted by molar-refractivity contribution is 0.113. The van der Waals surface area contributed by atoms with E-state index in [0.29, 0.717) is 11.8 Å². The van der Waals surface area contributed by atoms with Gasteiger partial charge in [-0.15, -0.1) is 0 Å². The van der Waals surface area contributed by atoms with Gasteiger partial charge in [0.05, 0.1) is 0 Å². The second-order valence-corrected chi connectivity index (χ2v) is 9.32. The molecule has 2 saturated heterocycles. The largest absolute Gasteiger partial charge is 0.312 e. The maximum atomic E-state index is 13.3. The van der Waals surface area contributed by atoms with Crippen LogP contribution in [0.1, 0.15) is 61.4 Å². The highest BCUT2D eigenvalue weighted by Gasteiger charge is 2.35. The lowest BCUT2D eigenvalue weighted by atomic mass is 9.83. The zero-order valence-corrected chi connectivity index (χ0v) is 17.4. The maximum absolute atomic E-state index is 13.3. The van der Waals surface area contributed by atoms with Crippen molar-refractivity contribution in [3.63, 3.8) is 0 Å². The number of fused-ring (bicyclic) bond motifs is 4. The quantitative estimate of drug-likeness (QED) is 0.865. The van der Waals surface area contributed by atoms with Gasteiger partial charge in [0.25, 0.3) is 5.56 Å². The molecule has 2 aromatic heterocycles. The number of H-pyrrole nitrogens is 1. The predicted octanol–water partition coefficient (Wildman–Crippen LogP) is 2.96. The number of rotatable bonds is 4. The molecule has 0 saturated carbocycles. The Balaban J connectivity index is 1.32. The van der Waals surface area contributed by atoms with Crippen molar-refractivity contribution in [3.8, 4) is 0 Å². The summed E-state index contributed by atoms with van der Waals surface area (Å²) in [7, 11) is 0. The second-order valence-electron chi connectivity index (χ2n) is 9.32. The zero-order valence-electron chi connectivity index (χ0n) is 17.4. The maximum Gasteiger partial charge on any atom is 0.255 e. The van der Waals surface area contributed by atoms with Crippen LogP contribution in [0.5, 0.6) is 0 Å². The van der Waals surface area contributed by atoms with Gasteiger partial charge in [0.15, 0.2) is 0 Å². The van der Waals surface area contributed by atoms with Gasteiger partial charge < -0.3 is 4.57 Å². The number of aromatic nitrogens is 3. The number of piperidine rings is 1. The van der Waals surface area contributed by atoms with Gasteiger partial charge >= 0.3 is 0 Å². The summed E-state index contributed by atoms with van der Waals surface area (Å²) < 4.78 is 2.12. The molecule has 2 aromatic rings. The second kappa shape index (κ2) is 8.44.